The third-order valence-electron chi connectivity index (χ3n) is 5.72. The second kappa shape index (κ2) is 9.74. The number of hydrogen-bond acceptors (Lipinski definition) is 7. The fourth-order valence-corrected chi connectivity index (χ4v) is 4.65. The van der Waals surface area contributed by atoms with E-state index < -0.39 is 31.8 Å². The molecule has 3 heterocycles. The first-order valence-corrected chi connectivity index (χ1v) is 12.3. The van der Waals surface area contributed by atoms with Gasteiger partial charge in [-0.25, -0.2) is 17.8 Å². The van der Waals surface area contributed by atoms with E-state index in [1.54, 1.807) is 18.5 Å². The molecule has 35 heavy (non-hydrogen) atoms. The average Bonchev–Trinajstić information content (AvgIpc) is 3.42. The Hall–Kier alpha value is -3.32. The van der Waals surface area contributed by atoms with E-state index in [1.165, 1.54) is 23.6 Å². The summed E-state index contributed by atoms with van der Waals surface area (Å²) in [6, 6.07) is 5.18. The second-order valence-electron chi connectivity index (χ2n) is 8.06. The maximum Gasteiger partial charge on any atom is 0.501 e. The molecular weight excluding hydrogens is 489 g/mol. The van der Waals surface area contributed by atoms with Gasteiger partial charge in [-0.15, -0.1) is 0 Å². The van der Waals surface area contributed by atoms with Gasteiger partial charge in [-0.2, -0.15) is 13.2 Å². The highest BCUT2D eigenvalue weighted by molar-refractivity contribution is 7.92. The summed E-state index contributed by atoms with van der Waals surface area (Å²) in [5.41, 5.74) is -5.47. The number of rotatable bonds is 8. The van der Waals surface area contributed by atoms with Crippen LogP contribution in [0.1, 0.15) is 18.4 Å². The molecule has 0 radical (unpaired) electrons. The molecule has 0 amide bonds. The number of sulfone groups is 1. The fourth-order valence-electron chi connectivity index (χ4n) is 3.89. The van der Waals surface area contributed by atoms with Gasteiger partial charge >= 0.3 is 11.2 Å². The van der Waals surface area contributed by atoms with Crippen LogP contribution in [0, 0.1) is 0 Å². The lowest BCUT2D eigenvalue weighted by Crippen LogP contribution is -2.26. The summed E-state index contributed by atoms with van der Waals surface area (Å²) in [5, 5.41) is 10.3. The van der Waals surface area contributed by atoms with E-state index in [0.717, 1.165) is 48.5 Å². The molecule has 0 aliphatic carbocycles. The summed E-state index contributed by atoms with van der Waals surface area (Å²) in [5.74, 6) is 0.0273. The zero-order chi connectivity index (χ0) is 25.2. The number of halogens is 3. The maximum absolute atomic E-state index is 12.9. The molecule has 1 N–H and O–H groups in total. The van der Waals surface area contributed by atoms with Crippen LogP contribution < -0.4 is 10.4 Å². The Bertz CT molecular complexity index is 1340. The van der Waals surface area contributed by atoms with Gasteiger partial charge in [-0.3, -0.25) is 14.5 Å². The Morgan fingerprint density at radius 2 is 1.77 bits per heavy atom. The van der Waals surface area contributed by atoms with Crippen molar-refractivity contribution in [3.8, 4) is 17.3 Å². The van der Waals surface area contributed by atoms with Crippen molar-refractivity contribution in [2.24, 2.45) is 0 Å². The number of benzene rings is 1. The molecule has 1 aliphatic rings. The number of aromatic nitrogens is 3. The number of alkyl halides is 3. The van der Waals surface area contributed by atoms with Crippen LogP contribution >= 0.6 is 0 Å². The van der Waals surface area contributed by atoms with Crippen LogP contribution in [0.4, 0.5) is 13.2 Å². The van der Waals surface area contributed by atoms with Crippen molar-refractivity contribution in [1.29, 1.82) is 0 Å². The molecule has 0 saturated carbocycles. The van der Waals surface area contributed by atoms with Crippen molar-refractivity contribution in [2.45, 2.75) is 29.8 Å². The van der Waals surface area contributed by atoms with Crippen LogP contribution in [0.25, 0.3) is 5.69 Å². The number of ether oxygens (including phenoxy) is 1. The molecule has 9 nitrogen and oxygen atoms in total. The first-order valence-electron chi connectivity index (χ1n) is 10.8. The molecule has 1 aromatic carbocycles. The van der Waals surface area contributed by atoms with Crippen molar-refractivity contribution in [2.75, 3.05) is 26.2 Å². The van der Waals surface area contributed by atoms with E-state index in [2.05, 4.69) is 9.88 Å². The van der Waals surface area contributed by atoms with Gasteiger partial charge in [-0.05, 0) is 56.3 Å². The first-order chi connectivity index (χ1) is 16.6. The summed E-state index contributed by atoms with van der Waals surface area (Å²) < 4.78 is 69.3. The van der Waals surface area contributed by atoms with Crippen LogP contribution in [-0.4, -0.2) is 64.3 Å². The summed E-state index contributed by atoms with van der Waals surface area (Å²) >= 11 is 0. The topological polar surface area (TPSA) is 107 Å². The number of pyridine rings is 1. The van der Waals surface area contributed by atoms with Crippen molar-refractivity contribution in [1.82, 2.24) is 19.0 Å². The highest BCUT2D eigenvalue weighted by atomic mass is 32.2. The van der Waals surface area contributed by atoms with E-state index in [0.29, 0.717) is 17.9 Å². The number of nitrogens with zero attached hydrogens (tertiary/aromatic N) is 4. The standard InChI is InChI=1S/C22H23F3N4O5S/c23-22(24,25)35(32,33)18-5-3-17(4-6-18)29-20(30)15-28(21(29)31)14-16-7-8-26-13-19(16)34-12-11-27-9-1-2-10-27/h3-8,13,15,30H,1-2,9-12,14H2. The minimum Gasteiger partial charge on any atom is -0.493 e. The third-order valence-corrected chi connectivity index (χ3v) is 7.22. The summed E-state index contributed by atoms with van der Waals surface area (Å²) in [6.07, 6.45) is 6.60. The van der Waals surface area contributed by atoms with Gasteiger partial charge in [0.1, 0.15) is 12.4 Å². The predicted octanol–water partition coefficient (Wildman–Crippen LogP) is 2.56. The lowest BCUT2D eigenvalue weighted by molar-refractivity contribution is -0.0436. The molecule has 0 atom stereocenters. The zero-order valence-electron chi connectivity index (χ0n) is 18.5. The molecule has 2 aromatic heterocycles. The minimum atomic E-state index is -5.53. The molecule has 188 valence electrons. The fraction of sp³-hybridized carbons (Fsp3) is 0.364. The lowest BCUT2D eigenvalue weighted by atomic mass is 10.2. The Kier molecular flexibility index (Phi) is 6.90. The largest absolute Gasteiger partial charge is 0.501 e. The highest BCUT2D eigenvalue weighted by Crippen LogP contribution is 2.30. The Balaban J connectivity index is 1.54. The summed E-state index contributed by atoms with van der Waals surface area (Å²) in [7, 11) is -5.53. The predicted molar refractivity (Wildman–Crippen MR) is 119 cm³/mol. The van der Waals surface area contributed by atoms with E-state index in [1.807, 2.05) is 0 Å². The van der Waals surface area contributed by atoms with Gasteiger partial charge in [0.2, 0.25) is 5.88 Å². The van der Waals surface area contributed by atoms with Crippen LogP contribution in [0.15, 0.2) is 58.6 Å². The number of likely N-dealkylation sites (tertiary alicyclic amines) is 1. The molecule has 1 fully saturated rings. The SMILES string of the molecule is O=c1n(Cc2ccncc2OCCN2CCCC2)cc(O)n1-c1ccc(S(=O)(=O)C(F)(F)F)cc1. The Morgan fingerprint density at radius 3 is 2.43 bits per heavy atom. The second-order valence-corrected chi connectivity index (χ2v) is 10.00. The van der Waals surface area contributed by atoms with E-state index >= 15 is 0 Å². The smallest absolute Gasteiger partial charge is 0.493 e. The molecule has 4 rings (SSSR count). The zero-order valence-corrected chi connectivity index (χ0v) is 19.3. The van der Waals surface area contributed by atoms with Crippen LogP contribution in [0.3, 0.4) is 0 Å². The van der Waals surface area contributed by atoms with Gasteiger partial charge in [0.15, 0.2) is 0 Å². The molecule has 3 aromatic rings. The summed E-state index contributed by atoms with van der Waals surface area (Å²) in [6.45, 7) is 3.34. The number of hydrogen-bond donors (Lipinski definition) is 1. The van der Waals surface area contributed by atoms with Gasteiger partial charge in [0.05, 0.1) is 29.5 Å². The van der Waals surface area contributed by atoms with E-state index in [-0.39, 0.29) is 12.2 Å². The Labute approximate surface area is 198 Å². The van der Waals surface area contributed by atoms with Gasteiger partial charge in [0.25, 0.3) is 9.84 Å². The molecule has 0 spiro atoms. The Morgan fingerprint density at radius 1 is 1.09 bits per heavy atom. The molecule has 1 aliphatic heterocycles. The van der Waals surface area contributed by atoms with Crippen molar-refractivity contribution in [3.05, 3.63) is 65.0 Å². The molecule has 0 unspecified atom stereocenters. The van der Waals surface area contributed by atoms with Crippen molar-refractivity contribution < 1.29 is 31.4 Å². The molecular formula is C22H23F3N4O5S. The van der Waals surface area contributed by atoms with Crippen molar-refractivity contribution >= 4 is 9.84 Å². The normalized spacial score (nSPS) is 14.9. The van der Waals surface area contributed by atoms with Gasteiger partial charge in [0, 0.05) is 18.3 Å². The molecule has 13 heteroatoms. The third kappa shape index (κ3) is 5.20. The molecule has 0 bridgehead atoms. The minimum absolute atomic E-state index is 0.00388. The quantitative estimate of drug-likeness (QED) is 0.494. The maximum atomic E-state index is 12.9. The van der Waals surface area contributed by atoms with Gasteiger partial charge in [-0.1, -0.05) is 0 Å². The van der Waals surface area contributed by atoms with Crippen LogP contribution in [0.2, 0.25) is 0 Å². The summed E-state index contributed by atoms with van der Waals surface area (Å²) in [4.78, 5) is 18.3. The monoisotopic (exact) mass is 512 g/mol. The first kappa shape index (κ1) is 24.8. The molecule has 1 saturated heterocycles. The average molecular weight is 513 g/mol. The number of aromatic hydroxyl groups is 1. The van der Waals surface area contributed by atoms with Crippen LogP contribution in [0.5, 0.6) is 11.6 Å². The van der Waals surface area contributed by atoms with Crippen molar-refractivity contribution in [3.63, 3.8) is 0 Å². The van der Waals surface area contributed by atoms with E-state index in [4.69, 9.17) is 4.74 Å². The lowest BCUT2D eigenvalue weighted by Gasteiger charge is -2.16. The number of imidazole rings is 1. The van der Waals surface area contributed by atoms with E-state index in [9.17, 15) is 31.5 Å². The van der Waals surface area contributed by atoms with Crippen LogP contribution in [-0.2, 0) is 16.4 Å². The van der Waals surface area contributed by atoms with Gasteiger partial charge < -0.3 is 9.84 Å². The highest BCUT2D eigenvalue weighted by Gasteiger charge is 2.46.